The number of nitrogen functional groups attached to an aromatic ring is 1. The van der Waals surface area contributed by atoms with Crippen molar-refractivity contribution in [2.24, 2.45) is 0 Å². The maximum atomic E-state index is 11.8. The summed E-state index contributed by atoms with van der Waals surface area (Å²) in [6.45, 7) is 3.71. The van der Waals surface area contributed by atoms with E-state index >= 15 is 0 Å². The van der Waals surface area contributed by atoms with Crippen molar-refractivity contribution < 1.29 is 19.4 Å². The molecule has 0 saturated carbocycles. The normalized spacial score (nSPS) is 18.9. The second kappa shape index (κ2) is 6.58. The van der Waals surface area contributed by atoms with Crippen LogP contribution in [0.5, 0.6) is 0 Å². The lowest BCUT2D eigenvalue weighted by atomic mass is 10.1. The maximum Gasteiger partial charge on any atom is 0.338 e. The van der Waals surface area contributed by atoms with Gasteiger partial charge >= 0.3 is 5.97 Å². The van der Waals surface area contributed by atoms with E-state index in [1.165, 1.54) is 0 Å². The van der Waals surface area contributed by atoms with E-state index in [9.17, 15) is 9.90 Å². The zero-order valence-corrected chi connectivity index (χ0v) is 11.5. The molecule has 3 N–H and O–H groups in total. The fourth-order valence-electron chi connectivity index (χ4n) is 2.26. The van der Waals surface area contributed by atoms with Crippen LogP contribution in [0.15, 0.2) is 18.2 Å². The second-order valence-corrected chi connectivity index (χ2v) is 4.60. The average Bonchev–Trinajstić information content (AvgIpc) is 2.48. The Kier molecular flexibility index (Phi) is 4.81. The zero-order chi connectivity index (χ0) is 14.5. The van der Waals surface area contributed by atoms with E-state index in [0.29, 0.717) is 37.6 Å². The number of esters is 1. The lowest BCUT2D eigenvalue weighted by Gasteiger charge is -2.37. The van der Waals surface area contributed by atoms with Gasteiger partial charge in [0, 0.05) is 6.54 Å². The van der Waals surface area contributed by atoms with Crippen molar-refractivity contribution in [1.29, 1.82) is 0 Å². The molecule has 0 amide bonds. The number of hydrogen-bond acceptors (Lipinski definition) is 6. The number of aliphatic hydroxyl groups is 1. The van der Waals surface area contributed by atoms with Crippen LogP contribution in [0.25, 0.3) is 0 Å². The third-order valence-electron chi connectivity index (χ3n) is 3.29. The molecule has 110 valence electrons. The fourth-order valence-corrected chi connectivity index (χ4v) is 2.26. The molecular weight excluding hydrogens is 260 g/mol. The quantitative estimate of drug-likeness (QED) is 0.622. The van der Waals surface area contributed by atoms with E-state index in [4.69, 9.17) is 15.2 Å². The van der Waals surface area contributed by atoms with Crippen LogP contribution in [0, 0.1) is 0 Å². The molecule has 1 aliphatic heterocycles. The van der Waals surface area contributed by atoms with Crippen LogP contribution in [-0.4, -0.2) is 50.1 Å². The molecule has 1 fully saturated rings. The zero-order valence-electron chi connectivity index (χ0n) is 11.5. The Balaban J connectivity index is 2.29. The van der Waals surface area contributed by atoms with Gasteiger partial charge in [-0.3, -0.25) is 0 Å². The van der Waals surface area contributed by atoms with Gasteiger partial charge in [-0.25, -0.2) is 4.79 Å². The molecule has 1 heterocycles. The van der Waals surface area contributed by atoms with Crippen LogP contribution in [0.3, 0.4) is 0 Å². The Morgan fingerprint density at radius 3 is 3.10 bits per heavy atom. The molecule has 1 aromatic carbocycles. The number of morpholine rings is 1. The predicted molar refractivity (Wildman–Crippen MR) is 75.8 cm³/mol. The van der Waals surface area contributed by atoms with Crippen molar-refractivity contribution >= 4 is 17.3 Å². The molecule has 0 aliphatic carbocycles. The smallest absolute Gasteiger partial charge is 0.338 e. The summed E-state index contributed by atoms with van der Waals surface area (Å²) in [6, 6.07) is 4.89. The van der Waals surface area contributed by atoms with Crippen LogP contribution in [-0.2, 0) is 9.47 Å². The first-order valence-corrected chi connectivity index (χ1v) is 6.69. The minimum Gasteiger partial charge on any atom is -0.462 e. The molecule has 0 spiro atoms. The van der Waals surface area contributed by atoms with E-state index in [1.807, 2.05) is 4.90 Å². The molecule has 1 aliphatic rings. The number of aliphatic hydroxyl groups excluding tert-OH is 1. The second-order valence-electron chi connectivity index (χ2n) is 4.60. The first-order chi connectivity index (χ1) is 9.67. The van der Waals surface area contributed by atoms with Crippen LogP contribution in [0.2, 0.25) is 0 Å². The Labute approximate surface area is 118 Å². The fraction of sp³-hybridized carbons (Fsp3) is 0.500. The molecule has 1 unspecified atom stereocenters. The highest BCUT2D eigenvalue weighted by Crippen LogP contribution is 2.28. The van der Waals surface area contributed by atoms with Crippen LogP contribution >= 0.6 is 0 Å². The summed E-state index contributed by atoms with van der Waals surface area (Å²) in [6.07, 6.45) is 0. The number of nitrogens with zero attached hydrogens (tertiary/aromatic N) is 1. The number of hydrogen-bond donors (Lipinski definition) is 2. The number of ether oxygens (including phenoxy) is 2. The van der Waals surface area contributed by atoms with Crippen molar-refractivity contribution in [3.05, 3.63) is 23.8 Å². The highest BCUT2D eigenvalue weighted by atomic mass is 16.5. The van der Waals surface area contributed by atoms with Gasteiger partial charge in [0.2, 0.25) is 0 Å². The largest absolute Gasteiger partial charge is 0.462 e. The van der Waals surface area contributed by atoms with E-state index in [0.717, 1.165) is 5.69 Å². The van der Waals surface area contributed by atoms with Gasteiger partial charge < -0.3 is 25.2 Å². The molecule has 2 rings (SSSR count). The van der Waals surface area contributed by atoms with Gasteiger partial charge in [0.15, 0.2) is 0 Å². The minimum atomic E-state index is -0.373. The Hall–Kier alpha value is -1.79. The van der Waals surface area contributed by atoms with Gasteiger partial charge in [-0.05, 0) is 25.1 Å². The Bertz CT molecular complexity index is 478. The highest BCUT2D eigenvalue weighted by molar-refractivity contribution is 5.92. The third-order valence-corrected chi connectivity index (χ3v) is 3.29. The van der Waals surface area contributed by atoms with Crippen molar-refractivity contribution in [1.82, 2.24) is 0 Å². The van der Waals surface area contributed by atoms with Gasteiger partial charge in [-0.1, -0.05) is 0 Å². The summed E-state index contributed by atoms with van der Waals surface area (Å²) < 4.78 is 10.3. The van der Waals surface area contributed by atoms with Gasteiger partial charge in [-0.2, -0.15) is 0 Å². The molecule has 20 heavy (non-hydrogen) atoms. The van der Waals surface area contributed by atoms with Gasteiger partial charge in [0.25, 0.3) is 0 Å². The summed E-state index contributed by atoms with van der Waals surface area (Å²) in [5, 5.41) is 9.42. The monoisotopic (exact) mass is 280 g/mol. The number of anilines is 2. The molecule has 6 heteroatoms. The molecule has 1 aromatic rings. The first kappa shape index (κ1) is 14.6. The summed E-state index contributed by atoms with van der Waals surface area (Å²) in [5.41, 5.74) is 7.75. The third kappa shape index (κ3) is 3.02. The lowest BCUT2D eigenvalue weighted by Crippen LogP contribution is -2.48. The molecule has 0 radical (unpaired) electrons. The summed E-state index contributed by atoms with van der Waals surface area (Å²) >= 11 is 0. The van der Waals surface area contributed by atoms with Crippen LogP contribution in [0.1, 0.15) is 17.3 Å². The molecular formula is C14H20N2O4. The van der Waals surface area contributed by atoms with E-state index in [2.05, 4.69) is 0 Å². The minimum absolute atomic E-state index is 0.0247. The molecule has 6 nitrogen and oxygen atoms in total. The summed E-state index contributed by atoms with van der Waals surface area (Å²) in [4.78, 5) is 13.8. The standard InChI is InChI=1S/C14H20N2O4/c1-2-20-14(18)10-3-4-12(15)13(7-10)16-5-6-19-9-11(16)8-17/h3-4,7,11,17H,2,5-6,8-9,15H2,1H3. The van der Waals surface area contributed by atoms with Crippen molar-refractivity contribution in [3.8, 4) is 0 Å². The van der Waals surface area contributed by atoms with Crippen molar-refractivity contribution in [3.63, 3.8) is 0 Å². The molecule has 0 bridgehead atoms. The van der Waals surface area contributed by atoms with E-state index in [-0.39, 0.29) is 18.6 Å². The summed E-state index contributed by atoms with van der Waals surface area (Å²) in [7, 11) is 0. The summed E-state index contributed by atoms with van der Waals surface area (Å²) in [5.74, 6) is -0.373. The van der Waals surface area contributed by atoms with Gasteiger partial charge in [0.05, 0.1) is 49.4 Å². The predicted octanol–water partition coefficient (Wildman–Crippen LogP) is 0.643. The molecule has 0 aromatic heterocycles. The van der Waals surface area contributed by atoms with Gasteiger partial charge in [-0.15, -0.1) is 0 Å². The Morgan fingerprint density at radius 2 is 2.40 bits per heavy atom. The SMILES string of the molecule is CCOC(=O)c1ccc(N)c(N2CCOCC2CO)c1. The number of benzene rings is 1. The topological polar surface area (TPSA) is 85.0 Å². The number of carbonyl (C=O) groups excluding carboxylic acids is 1. The highest BCUT2D eigenvalue weighted by Gasteiger charge is 2.24. The van der Waals surface area contributed by atoms with Crippen molar-refractivity contribution in [2.45, 2.75) is 13.0 Å². The Morgan fingerprint density at radius 1 is 1.60 bits per heavy atom. The molecule has 1 atom stereocenters. The van der Waals surface area contributed by atoms with Crippen LogP contribution < -0.4 is 10.6 Å². The number of rotatable bonds is 4. The first-order valence-electron chi connectivity index (χ1n) is 6.69. The number of carbonyl (C=O) groups is 1. The van der Waals surface area contributed by atoms with Crippen LogP contribution in [0.4, 0.5) is 11.4 Å². The lowest BCUT2D eigenvalue weighted by molar-refractivity contribution is 0.0526. The molecule has 1 saturated heterocycles. The average molecular weight is 280 g/mol. The maximum absolute atomic E-state index is 11.8. The van der Waals surface area contributed by atoms with Crippen molar-refractivity contribution in [2.75, 3.05) is 43.6 Å². The number of nitrogens with two attached hydrogens (primary N) is 1. The van der Waals surface area contributed by atoms with E-state index < -0.39 is 0 Å². The van der Waals surface area contributed by atoms with E-state index in [1.54, 1.807) is 25.1 Å². The van der Waals surface area contributed by atoms with Gasteiger partial charge in [0.1, 0.15) is 0 Å².